The minimum atomic E-state index is -0.671. The normalized spacial score (nSPS) is 21.4. The van der Waals surface area contributed by atoms with Crippen molar-refractivity contribution in [2.45, 2.75) is 25.7 Å². The zero-order chi connectivity index (χ0) is 29.1. The molecule has 2 bridgehead atoms. The molecule has 0 spiro atoms. The number of imide groups is 1. The molecule has 1 saturated heterocycles. The molecule has 1 aliphatic heterocycles. The van der Waals surface area contributed by atoms with Crippen molar-refractivity contribution in [3.63, 3.8) is 0 Å². The Morgan fingerprint density at radius 1 is 0.690 bits per heavy atom. The average Bonchev–Trinajstić information content (AvgIpc) is 3.28. The van der Waals surface area contributed by atoms with Gasteiger partial charge < -0.3 is 10.1 Å². The zero-order valence-corrected chi connectivity index (χ0v) is 23.2. The SMILES string of the molecule is Cc1cccc(C)c1NC(=O)COC(=O)c1ccc(N2C(=O)[C@H]3C4c5ccccc5C(c5ccccc54)[C@@H]3C2=O)cc1. The summed E-state index contributed by atoms with van der Waals surface area (Å²) >= 11 is 0. The maximum atomic E-state index is 13.9. The summed E-state index contributed by atoms with van der Waals surface area (Å²) in [6.07, 6.45) is 0. The van der Waals surface area contributed by atoms with Crippen LogP contribution >= 0.6 is 0 Å². The van der Waals surface area contributed by atoms with E-state index in [1.807, 2.05) is 56.3 Å². The Bertz CT molecular complexity index is 1660. The fraction of sp³-hybridized carbons (Fsp3) is 0.200. The topological polar surface area (TPSA) is 92.8 Å². The van der Waals surface area contributed by atoms with Gasteiger partial charge in [0.05, 0.1) is 23.1 Å². The number of carbonyl (C=O) groups is 4. The maximum absolute atomic E-state index is 13.9. The first-order chi connectivity index (χ1) is 20.3. The molecule has 4 aromatic rings. The molecule has 0 unspecified atom stereocenters. The summed E-state index contributed by atoms with van der Waals surface area (Å²) in [7, 11) is 0. The fourth-order valence-corrected chi connectivity index (χ4v) is 7.08. The summed E-state index contributed by atoms with van der Waals surface area (Å²) in [6.45, 7) is 3.34. The van der Waals surface area contributed by atoms with E-state index < -0.39 is 30.3 Å². The Labute approximate surface area is 243 Å². The molecule has 42 heavy (non-hydrogen) atoms. The average molecular weight is 557 g/mol. The van der Waals surface area contributed by atoms with Gasteiger partial charge in [0.2, 0.25) is 11.8 Å². The Balaban J connectivity index is 1.09. The van der Waals surface area contributed by atoms with Crippen LogP contribution in [-0.4, -0.2) is 30.3 Å². The molecule has 208 valence electrons. The number of para-hydroxylation sites is 1. The monoisotopic (exact) mass is 556 g/mol. The maximum Gasteiger partial charge on any atom is 0.338 e. The van der Waals surface area contributed by atoms with E-state index in [2.05, 4.69) is 29.6 Å². The van der Waals surface area contributed by atoms with Crippen molar-refractivity contribution in [3.05, 3.63) is 130 Å². The van der Waals surface area contributed by atoms with E-state index >= 15 is 0 Å². The summed E-state index contributed by atoms with van der Waals surface area (Å²) < 4.78 is 5.24. The molecule has 1 heterocycles. The van der Waals surface area contributed by atoms with Gasteiger partial charge in [0.25, 0.3) is 5.91 Å². The molecule has 8 rings (SSSR count). The molecule has 2 atom stereocenters. The minimum absolute atomic E-state index is 0.183. The lowest BCUT2D eigenvalue weighted by Gasteiger charge is -2.45. The van der Waals surface area contributed by atoms with Gasteiger partial charge in [-0.15, -0.1) is 0 Å². The van der Waals surface area contributed by atoms with E-state index in [1.165, 1.54) is 17.0 Å². The predicted molar refractivity (Wildman–Crippen MR) is 157 cm³/mol. The zero-order valence-electron chi connectivity index (χ0n) is 23.2. The summed E-state index contributed by atoms with van der Waals surface area (Å²) in [4.78, 5) is 54.3. The molecule has 0 aromatic heterocycles. The van der Waals surface area contributed by atoms with Gasteiger partial charge in [0.1, 0.15) is 0 Å². The van der Waals surface area contributed by atoms with Crippen LogP contribution in [0, 0.1) is 25.7 Å². The quantitative estimate of drug-likeness (QED) is 0.259. The number of rotatable bonds is 5. The molecule has 1 N–H and O–H groups in total. The molecule has 1 fully saturated rings. The molecular formula is C35H28N2O5. The van der Waals surface area contributed by atoms with Gasteiger partial charge in [0.15, 0.2) is 6.61 Å². The van der Waals surface area contributed by atoms with Crippen molar-refractivity contribution in [2.24, 2.45) is 11.8 Å². The van der Waals surface area contributed by atoms with Gasteiger partial charge in [-0.1, -0.05) is 66.7 Å². The van der Waals surface area contributed by atoms with Crippen molar-refractivity contribution in [1.82, 2.24) is 0 Å². The molecule has 3 amide bonds. The van der Waals surface area contributed by atoms with Crippen LogP contribution in [0.15, 0.2) is 91.0 Å². The number of esters is 1. The lowest BCUT2D eigenvalue weighted by Crippen LogP contribution is -2.41. The summed E-state index contributed by atoms with van der Waals surface area (Å²) in [5.74, 6) is -2.88. The molecule has 0 saturated carbocycles. The first-order valence-corrected chi connectivity index (χ1v) is 14.0. The number of anilines is 2. The Morgan fingerprint density at radius 2 is 1.17 bits per heavy atom. The van der Waals surface area contributed by atoms with Crippen LogP contribution in [0.2, 0.25) is 0 Å². The highest BCUT2D eigenvalue weighted by Gasteiger charge is 2.61. The van der Waals surface area contributed by atoms with Crippen molar-refractivity contribution in [1.29, 1.82) is 0 Å². The van der Waals surface area contributed by atoms with Crippen LogP contribution in [0.3, 0.4) is 0 Å². The van der Waals surface area contributed by atoms with Gasteiger partial charge >= 0.3 is 5.97 Å². The number of hydrogen-bond acceptors (Lipinski definition) is 5. The highest BCUT2D eigenvalue weighted by Crippen LogP contribution is 2.61. The van der Waals surface area contributed by atoms with Crippen LogP contribution in [0.5, 0.6) is 0 Å². The van der Waals surface area contributed by atoms with Gasteiger partial charge in [0, 0.05) is 17.5 Å². The Kier molecular flexibility index (Phi) is 6.04. The fourth-order valence-electron chi connectivity index (χ4n) is 7.08. The van der Waals surface area contributed by atoms with Crippen LogP contribution in [0.1, 0.15) is 55.6 Å². The molecule has 4 aliphatic rings. The van der Waals surface area contributed by atoms with Crippen molar-refractivity contribution in [2.75, 3.05) is 16.8 Å². The number of aryl methyl sites for hydroxylation is 2. The Hall–Kier alpha value is -5.04. The van der Waals surface area contributed by atoms with Gasteiger partial charge in [-0.3, -0.25) is 14.4 Å². The first-order valence-electron chi connectivity index (χ1n) is 14.0. The number of benzene rings is 4. The number of ether oxygens (including phenoxy) is 1. The minimum Gasteiger partial charge on any atom is -0.452 e. The van der Waals surface area contributed by atoms with Crippen LogP contribution in [0.4, 0.5) is 11.4 Å². The molecular weight excluding hydrogens is 528 g/mol. The van der Waals surface area contributed by atoms with Crippen molar-refractivity contribution in [3.8, 4) is 0 Å². The van der Waals surface area contributed by atoms with Crippen LogP contribution < -0.4 is 10.2 Å². The standard InChI is InChI=1S/C35H28N2O5/c1-19-8-7-9-20(2)32(19)36-27(38)18-42-35(41)21-14-16-22(17-15-21)37-33(39)30-28-23-10-3-4-11-24(23)29(31(30)34(37)40)26-13-6-5-12-25(26)28/h3-17,28-31H,18H2,1-2H3,(H,36,38)/t28?,29?,30-,31-/m0/s1. The number of carbonyl (C=O) groups excluding carboxylic acids is 4. The van der Waals surface area contributed by atoms with E-state index in [1.54, 1.807) is 12.1 Å². The largest absolute Gasteiger partial charge is 0.452 e. The summed E-state index contributed by atoms with van der Waals surface area (Å²) in [6, 6.07) is 28.1. The number of nitrogens with one attached hydrogen (secondary N) is 1. The molecule has 3 aliphatic carbocycles. The molecule has 0 radical (unpaired) electrons. The highest BCUT2D eigenvalue weighted by atomic mass is 16.5. The van der Waals surface area contributed by atoms with E-state index in [0.29, 0.717) is 11.4 Å². The molecule has 7 heteroatoms. The van der Waals surface area contributed by atoms with Crippen molar-refractivity contribution < 1.29 is 23.9 Å². The highest BCUT2D eigenvalue weighted by molar-refractivity contribution is 6.23. The van der Waals surface area contributed by atoms with Gasteiger partial charge in [-0.05, 0) is 71.5 Å². The second-order valence-electron chi connectivity index (χ2n) is 11.2. The molecule has 4 aromatic carbocycles. The third-order valence-corrected chi connectivity index (χ3v) is 8.89. The van der Waals surface area contributed by atoms with E-state index in [0.717, 1.165) is 33.4 Å². The first kappa shape index (κ1) is 25.9. The van der Waals surface area contributed by atoms with E-state index in [4.69, 9.17) is 4.74 Å². The summed E-state index contributed by atoms with van der Waals surface area (Å²) in [5.41, 5.74) is 7.62. The lowest BCUT2D eigenvalue weighted by atomic mass is 9.55. The number of nitrogens with zero attached hydrogens (tertiary/aromatic N) is 1. The lowest BCUT2D eigenvalue weighted by molar-refractivity contribution is -0.122. The van der Waals surface area contributed by atoms with Crippen molar-refractivity contribution >= 4 is 35.1 Å². The van der Waals surface area contributed by atoms with E-state index in [9.17, 15) is 19.2 Å². The molecule has 7 nitrogen and oxygen atoms in total. The van der Waals surface area contributed by atoms with Crippen LogP contribution in [0.25, 0.3) is 0 Å². The Morgan fingerprint density at radius 3 is 1.64 bits per heavy atom. The second-order valence-corrected chi connectivity index (χ2v) is 11.2. The summed E-state index contributed by atoms with van der Waals surface area (Å²) in [5, 5.41) is 2.79. The third-order valence-electron chi connectivity index (χ3n) is 8.89. The predicted octanol–water partition coefficient (Wildman–Crippen LogP) is 5.50. The number of hydrogen-bond donors (Lipinski definition) is 1. The second kappa shape index (κ2) is 9.80. The van der Waals surface area contributed by atoms with Gasteiger partial charge in [-0.2, -0.15) is 0 Å². The smallest absolute Gasteiger partial charge is 0.338 e. The van der Waals surface area contributed by atoms with Gasteiger partial charge in [-0.25, -0.2) is 9.69 Å². The van der Waals surface area contributed by atoms with Crippen LogP contribution in [-0.2, 0) is 19.1 Å². The number of amides is 3. The van der Waals surface area contributed by atoms with E-state index in [-0.39, 0.29) is 29.2 Å². The third kappa shape index (κ3) is 3.88.